The van der Waals surface area contributed by atoms with Crippen LogP contribution in [0.5, 0.6) is 0 Å². The minimum atomic E-state index is -2.90. The van der Waals surface area contributed by atoms with E-state index >= 15 is 0 Å². The Bertz CT molecular complexity index is 248. The first-order valence-corrected chi connectivity index (χ1v) is 5.99. The van der Waals surface area contributed by atoms with Crippen LogP contribution in [0.15, 0.2) is 0 Å². The van der Waals surface area contributed by atoms with Gasteiger partial charge in [0.15, 0.2) is 9.84 Å². The highest BCUT2D eigenvalue weighted by atomic mass is 32.2. The second kappa shape index (κ2) is 5.93. The Morgan fingerprint density at radius 2 is 2.00 bits per heavy atom. The molecule has 0 aromatic rings. The fraction of sp³-hybridized carbons (Fsp3) is 0.857. The number of carbonyl (C=O) groups excluding carboxylic acids is 1. The van der Waals surface area contributed by atoms with Gasteiger partial charge in [0.25, 0.3) is 0 Å². The first-order valence-electron chi connectivity index (χ1n) is 4.17. The molecule has 0 aliphatic rings. The maximum absolute atomic E-state index is 11.0. The van der Waals surface area contributed by atoms with Gasteiger partial charge in [-0.15, -0.1) is 0 Å². The maximum atomic E-state index is 11.0. The van der Waals surface area contributed by atoms with Crippen LogP contribution in [0.4, 0.5) is 0 Å². The molecule has 0 rings (SSSR count). The summed E-state index contributed by atoms with van der Waals surface area (Å²) in [6.07, 6.45) is 0.242. The zero-order valence-electron chi connectivity index (χ0n) is 7.75. The summed E-state index contributed by atoms with van der Waals surface area (Å²) in [7, 11) is -2.90. The molecule has 0 saturated heterocycles. The molecule has 0 atom stereocenters. The molecule has 0 aliphatic heterocycles. The average Bonchev–Trinajstić information content (AvgIpc) is 2.03. The molecular formula is C7H16N2O3S. The highest BCUT2D eigenvalue weighted by molar-refractivity contribution is 7.91. The van der Waals surface area contributed by atoms with Gasteiger partial charge >= 0.3 is 0 Å². The Morgan fingerprint density at radius 1 is 1.38 bits per heavy atom. The van der Waals surface area contributed by atoms with E-state index in [1.807, 2.05) is 0 Å². The van der Waals surface area contributed by atoms with Crippen LogP contribution < -0.4 is 11.1 Å². The number of amides is 1. The minimum Gasteiger partial charge on any atom is -0.370 e. The number of hydrogen-bond acceptors (Lipinski definition) is 4. The lowest BCUT2D eigenvalue weighted by atomic mass is 10.4. The Labute approximate surface area is 78.6 Å². The highest BCUT2D eigenvalue weighted by Crippen LogP contribution is 1.86. The van der Waals surface area contributed by atoms with Crippen molar-refractivity contribution in [2.24, 2.45) is 5.73 Å². The van der Waals surface area contributed by atoms with E-state index in [0.717, 1.165) is 0 Å². The monoisotopic (exact) mass is 208 g/mol. The predicted octanol–water partition coefficient (Wildman–Crippen LogP) is -1.11. The Hall–Kier alpha value is -0.620. The fourth-order valence-electron chi connectivity index (χ4n) is 0.709. The van der Waals surface area contributed by atoms with Gasteiger partial charge in [-0.1, -0.05) is 6.92 Å². The van der Waals surface area contributed by atoms with Crippen LogP contribution >= 0.6 is 0 Å². The van der Waals surface area contributed by atoms with Gasteiger partial charge in [-0.3, -0.25) is 4.79 Å². The average molecular weight is 208 g/mol. The summed E-state index contributed by atoms with van der Waals surface area (Å²) in [5.41, 5.74) is 4.89. The van der Waals surface area contributed by atoms with Crippen molar-refractivity contribution in [1.29, 1.82) is 0 Å². The lowest BCUT2D eigenvalue weighted by molar-refractivity contribution is -0.117. The van der Waals surface area contributed by atoms with E-state index in [1.54, 1.807) is 6.92 Å². The molecule has 0 aliphatic carbocycles. The molecule has 13 heavy (non-hydrogen) atoms. The van der Waals surface area contributed by atoms with Crippen LogP contribution in [0.2, 0.25) is 0 Å². The minimum absolute atomic E-state index is 0.113. The van der Waals surface area contributed by atoms with E-state index in [0.29, 0.717) is 13.1 Å². The van der Waals surface area contributed by atoms with Gasteiger partial charge in [0.1, 0.15) is 0 Å². The molecule has 0 aromatic carbocycles. The molecule has 0 spiro atoms. The Morgan fingerprint density at radius 3 is 2.46 bits per heavy atom. The van der Waals surface area contributed by atoms with Crippen LogP contribution in [0, 0.1) is 0 Å². The lowest BCUT2D eigenvalue weighted by Gasteiger charge is -2.02. The first-order chi connectivity index (χ1) is 5.98. The molecule has 0 heterocycles. The fourth-order valence-corrected chi connectivity index (χ4v) is 1.45. The third kappa shape index (κ3) is 7.73. The lowest BCUT2D eigenvalue weighted by Crippen LogP contribution is -2.27. The van der Waals surface area contributed by atoms with Gasteiger partial charge in [0.2, 0.25) is 5.91 Å². The Kier molecular flexibility index (Phi) is 5.65. The van der Waals surface area contributed by atoms with Crippen LogP contribution in [0.3, 0.4) is 0 Å². The highest BCUT2D eigenvalue weighted by Gasteiger charge is 2.05. The summed E-state index contributed by atoms with van der Waals surface area (Å²) in [6, 6.07) is 0. The molecule has 5 nitrogen and oxygen atoms in total. The summed E-state index contributed by atoms with van der Waals surface area (Å²) in [4.78, 5) is 10.3. The molecule has 3 N–H and O–H groups in total. The molecule has 6 heteroatoms. The van der Waals surface area contributed by atoms with Crippen molar-refractivity contribution < 1.29 is 13.2 Å². The van der Waals surface area contributed by atoms with Gasteiger partial charge in [-0.25, -0.2) is 8.42 Å². The molecule has 0 aromatic heterocycles. The third-order valence-electron chi connectivity index (χ3n) is 1.58. The molecular weight excluding hydrogens is 192 g/mol. The molecule has 0 saturated carbocycles. The smallest absolute Gasteiger partial charge is 0.218 e. The third-order valence-corrected chi connectivity index (χ3v) is 3.28. The zero-order chi connectivity index (χ0) is 10.3. The first kappa shape index (κ1) is 12.4. The number of sulfone groups is 1. The van der Waals surface area contributed by atoms with Gasteiger partial charge in [0, 0.05) is 25.3 Å². The predicted molar refractivity (Wildman–Crippen MR) is 51.0 cm³/mol. The van der Waals surface area contributed by atoms with Gasteiger partial charge in [-0.2, -0.15) is 0 Å². The van der Waals surface area contributed by atoms with Crippen LogP contribution in [-0.2, 0) is 14.6 Å². The van der Waals surface area contributed by atoms with Gasteiger partial charge in [0.05, 0.1) is 5.75 Å². The second-order valence-electron chi connectivity index (χ2n) is 2.70. The number of carbonyl (C=O) groups is 1. The number of nitrogens with one attached hydrogen (secondary N) is 1. The quantitative estimate of drug-likeness (QED) is 0.519. The molecule has 0 bridgehead atoms. The topological polar surface area (TPSA) is 89.3 Å². The second-order valence-corrected chi connectivity index (χ2v) is 5.18. The molecule has 1 amide bonds. The van der Waals surface area contributed by atoms with Crippen molar-refractivity contribution in [2.45, 2.75) is 13.3 Å². The van der Waals surface area contributed by atoms with E-state index in [1.165, 1.54) is 0 Å². The summed E-state index contributed by atoms with van der Waals surface area (Å²) >= 11 is 0. The van der Waals surface area contributed by atoms with E-state index in [4.69, 9.17) is 5.73 Å². The van der Waals surface area contributed by atoms with Crippen LogP contribution in [-0.4, -0.2) is 38.9 Å². The van der Waals surface area contributed by atoms with Crippen molar-refractivity contribution in [3.63, 3.8) is 0 Å². The number of hydrogen-bond donors (Lipinski definition) is 2. The number of rotatable bonds is 7. The molecule has 0 radical (unpaired) electrons. The summed E-state index contributed by atoms with van der Waals surface area (Å²) in [5, 5.41) is 2.83. The molecule has 0 fully saturated rings. The summed E-state index contributed by atoms with van der Waals surface area (Å²) in [6.45, 7) is 2.43. The number of nitrogens with two attached hydrogens (primary N) is 1. The maximum Gasteiger partial charge on any atom is 0.218 e. The van der Waals surface area contributed by atoms with Crippen molar-refractivity contribution in [3.05, 3.63) is 0 Å². The summed E-state index contributed by atoms with van der Waals surface area (Å²) < 4.78 is 21.9. The molecule has 0 unspecified atom stereocenters. The van der Waals surface area contributed by atoms with Crippen molar-refractivity contribution in [3.8, 4) is 0 Å². The van der Waals surface area contributed by atoms with Crippen LogP contribution in [0.25, 0.3) is 0 Å². The van der Waals surface area contributed by atoms with Gasteiger partial charge in [-0.05, 0) is 0 Å². The molecule has 78 valence electrons. The van der Waals surface area contributed by atoms with E-state index in [-0.39, 0.29) is 23.8 Å². The largest absolute Gasteiger partial charge is 0.370 e. The zero-order valence-corrected chi connectivity index (χ0v) is 8.56. The SMILES string of the molecule is CCS(=O)(=O)CCNCCC(N)=O. The van der Waals surface area contributed by atoms with Crippen molar-refractivity contribution in [2.75, 3.05) is 24.6 Å². The normalized spacial score (nSPS) is 11.5. The number of primary amides is 1. The van der Waals surface area contributed by atoms with Gasteiger partial charge < -0.3 is 11.1 Å². The van der Waals surface area contributed by atoms with E-state index < -0.39 is 9.84 Å². The summed E-state index contributed by atoms with van der Waals surface area (Å²) in [5.74, 6) is -0.113. The Balaban J connectivity index is 3.42. The standard InChI is InChI=1S/C7H16N2O3S/c1-2-13(11,12)6-5-9-4-3-7(8)10/h9H,2-6H2,1H3,(H2,8,10). The van der Waals surface area contributed by atoms with E-state index in [2.05, 4.69) is 5.32 Å². The van der Waals surface area contributed by atoms with Crippen LogP contribution in [0.1, 0.15) is 13.3 Å². The van der Waals surface area contributed by atoms with Crippen molar-refractivity contribution in [1.82, 2.24) is 5.32 Å². The van der Waals surface area contributed by atoms with E-state index in [9.17, 15) is 13.2 Å². The van der Waals surface area contributed by atoms with Crippen molar-refractivity contribution >= 4 is 15.7 Å².